The quantitative estimate of drug-likeness (QED) is 0.663. The highest BCUT2D eigenvalue weighted by Crippen LogP contribution is 2.30. The van der Waals surface area contributed by atoms with E-state index in [2.05, 4.69) is 15.2 Å². The molecule has 1 heterocycles. The first kappa shape index (κ1) is 14.3. The van der Waals surface area contributed by atoms with Gasteiger partial charge in [-0.15, -0.1) is 5.10 Å². The maximum absolute atomic E-state index is 13.9. The lowest BCUT2D eigenvalue weighted by Gasteiger charge is -2.08. The average Bonchev–Trinajstić information content (AvgIpc) is 2.78. The van der Waals surface area contributed by atoms with E-state index >= 15 is 0 Å². The smallest absolute Gasteiger partial charge is 0.340 e. The first-order chi connectivity index (χ1) is 9.51. The third kappa shape index (κ3) is 3.08. The van der Waals surface area contributed by atoms with E-state index in [-0.39, 0.29) is 22.8 Å². The van der Waals surface area contributed by atoms with Crippen molar-refractivity contribution >= 4 is 23.4 Å². The minimum absolute atomic E-state index is 0.0384. The predicted molar refractivity (Wildman–Crippen MR) is 72.0 cm³/mol. The molecule has 0 radical (unpaired) electrons. The Hall–Kier alpha value is -2.09. The molecule has 0 fully saturated rings. The molecular formula is C12H13FN4O2S. The highest BCUT2D eigenvalue weighted by molar-refractivity contribution is 7.99. The Labute approximate surface area is 118 Å². The topological polar surface area (TPSA) is 93.9 Å². The number of carbonyl (C=O) groups is 1. The number of halogens is 1. The fraction of sp³-hybridized carbons (Fsp3) is 0.250. The third-order valence-electron chi connectivity index (χ3n) is 2.38. The molecule has 8 heteroatoms. The van der Waals surface area contributed by atoms with Gasteiger partial charge in [0.2, 0.25) is 5.16 Å². The number of ether oxygens (including phenoxy) is 1. The van der Waals surface area contributed by atoms with E-state index in [1.807, 2.05) is 0 Å². The molecule has 1 aromatic heterocycles. The van der Waals surface area contributed by atoms with Crippen LogP contribution >= 0.6 is 11.8 Å². The van der Waals surface area contributed by atoms with Gasteiger partial charge in [-0.2, -0.15) is 0 Å². The number of anilines is 1. The SMILES string of the molecule is CCOC(=O)c1cc(Sc2n[nH]c(C)n2)c(F)cc1N. The standard InChI is InChI=1S/C12H13FN4O2S/c1-3-19-11(18)7-4-10(8(13)5-9(7)14)20-12-15-6(2)16-17-12/h4-5H,3,14H2,1-2H3,(H,15,16,17). The summed E-state index contributed by atoms with van der Waals surface area (Å²) in [5.41, 5.74) is 5.80. The van der Waals surface area contributed by atoms with Crippen molar-refractivity contribution in [2.24, 2.45) is 0 Å². The van der Waals surface area contributed by atoms with Crippen LogP contribution in [-0.2, 0) is 4.74 Å². The summed E-state index contributed by atoms with van der Waals surface area (Å²) >= 11 is 1.00. The summed E-state index contributed by atoms with van der Waals surface area (Å²) in [6.45, 7) is 3.64. The summed E-state index contributed by atoms with van der Waals surface area (Å²) in [5, 5.41) is 6.92. The van der Waals surface area contributed by atoms with Crippen molar-refractivity contribution in [3.05, 3.63) is 29.3 Å². The van der Waals surface area contributed by atoms with Gasteiger partial charge in [-0.25, -0.2) is 14.2 Å². The number of aromatic nitrogens is 3. The first-order valence-electron chi connectivity index (χ1n) is 5.84. The lowest BCUT2D eigenvalue weighted by Crippen LogP contribution is -2.08. The average molecular weight is 296 g/mol. The molecule has 0 atom stereocenters. The Kier molecular flexibility index (Phi) is 4.23. The van der Waals surface area contributed by atoms with Crippen molar-refractivity contribution in [2.75, 3.05) is 12.3 Å². The molecule has 0 aliphatic carbocycles. The Morgan fingerprint density at radius 3 is 2.90 bits per heavy atom. The fourth-order valence-electron chi connectivity index (χ4n) is 1.50. The van der Waals surface area contributed by atoms with Gasteiger partial charge in [0.05, 0.1) is 17.1 Å². The highest BCUT2D eigenvalue weighted by atomic mass is 32.2. The monoisotopic (exact) mass is 296 g/mol. The van der Waals surface area contributed by atoms with Crippen molar-refractivity contribution in [3.63, 3.8) is 0 Å². The van der Waals surface area contributed by atoms with Crippen molar-refractivity contribution in [2.45, 2.75) is 23.9 Å². The molecular weight excluding hydrogens is 283 g/mol. The van der Waals surface area contributed by atoms with Gasteiger partial charge >= 0.3 is 5.97 Å². The molecule has 20 heavy (non-hydrogen) atoms. The fourth-order valence-corrected chi connectivity index (χ4v) is 2.30. The number of nitrogens with zero attached hydrogens (tertiary/aromatic N) is 2. The number of rotatable bonds is 4. The van der Waals surface area contributed by atoms with Crippen LogP contribution in [0.3, 0.4) is 0 Å². The molecule has 3 N–H and O–H groups in total. The normalized spacial score (nSPS) is 10.6. The Bertz CT molecular complexity index is 644. The number of aryl methyl sites for hydroxylation is 1. The summed E-state index contributed by atoms with van der Waals surface area (Å²) in [5.74, 6) is -0.505. The number of nitrogens with two attached hydrogens (primary N) is 1. The number of nitrogens with one attached hydrogen (secondary N) is 1. The van der Waals surface area contributed by atoms with E-state index in [0.717, 1.165) is 17.8 Å². The number of hydrogen-bond donors (Lipinski definition) is 2. The van der Waals surface area contributed by atoms with Gasteiger partial charge in [-0.3, -0.25) is 5.10 Å². The molecule has 6 nitrogen and oxygen atoms in total. The molecule has 0 spiro atoms. The van der Waals surface area contributed by atoms with E-state index in [9.17, 15) is 9.18 Å². The zero-order valence-electron chi connectivity index (χ0n) is 10.9. The van der Waals surface area contributed by atoms with Crippen LogP contribution in [0.5, 0.6) is 0 Å². The van der Waals surface area contributed by atoms with Crippen molar-refractivity contribution in [1.82, 2.24) is 15.2 Å². The van der Waals surface area contributed by atoms with E-state index < -0.39 is 11.8 Å². The van der Waals surface area contributed by atoms with Gasteiger partial charge in [0.25, 0.3) is 0 Å². The van der Waals surface area contributed by atoms with Crippen LogP contribution in [0.25, 0.3) is 0 Å². The van der Waals surface area contributed by atoms with Crippen LogP contribution in [0.4, 0.5) is 10.1 Å². The lowest BCUT2D eigenvalue weighted by molar-refractivity contribution is 0.0527. The van der Waals surface area contributed by atoms with Crippen LogP contribution in [-0.4, -0.2) is 27.8 Å². The molecule has 0 aliphatic rings. The van der Waals surface area contributed by atoms with Crippen LogP contribution in [0, 0.1) is 12.7 Å². The van der Waals surface area contributed by atoms with Gasteiger partial charge in [-0.05, 0) is 37.7 Å². The van der Waals surface area contributed by atoms with E-state index in [4.69, 9.17) is 10.5 Å². The van der Waals surface area contributed by atoms with E-state index in [1.54, 1.807) is 13.8 Å². The third-order valence-corrected chi connectivity index (χ3v) is 3.28. The second-order valence-corrected chi connectivity index (χ2v) is 4.90. The molecule has 0 saturated heterocycles. The number of aromatic amines is 1. The van der Waals surface area contributed by atoms with Crippen molar-refractivity contribution < 1.29 is 13.9 Å². The molecule has 106 valence electrons. The zero-order valence-corrected chi connectivity index (χ0v) is 11.8. The molecule has 0 bridgehead atoms. The summed E-state index contributed by atoms with van der Waals surface area (Å²) < 4.78 is 18.7. The lowest BCUT2D eigenvalue weighted by atomic mass is 10.2. The maximum atomic E-state index is 13.9. The van der Waals surface area contributed by atoms with E-state index in [0.29, 0.717) is 11.0 Å². The van der Waals surface area contributed by atoms with Gasteiger partial charge < -0.3 is 10.5 Å². The Morgan fingerprint density at radius 1 is 1.55 bits per heavy atom. The summed E-state index contributed by atoms with van der Waals surface area (Å²) in [7, 11) is 0. The molecule has 1 aromatic carbocycles. The number of carbonyl (C=O) groups excluding carboxylic acids is 1. The molecule has 0 unspecified atom stereocenters. The highest BCUT2D eigenvalue weighted by Gasteiger charge is 2.17. The summed E-state index contributed by atoms with van der Waals surface area (Å²) in [6.07, 6.45) is 0. The van der Waals surface area contributed by atoms with Gasteiger partial charge in [0.1, 0.15) is 11.6 Å². The van der Waals surface area contributed by atoms with Crippen LogP contribution in [0.15, 0.2) is 22.2 Å². The molecule has 2 aromatic rings. The number of hydrogen-bond acceptors (Lipinski definition) is 6. The number of nitrogen functional groups attached to an aromatic ring is 1. The summed E-state index contributed by atoms with van der Waals surface area (Å²) in [6, 6.07) is 2.44. The van der Waals surface area contributed by atoms with Crippen molar-refractivity contribution in [1.29, 1.82) is 0 Å². The van der Waals surface area contributed by atoms with E-state index in [1.165, 1.54) is 6.07 Å². The predicted octanol–water partition coefficient (Wildman–Crippen LogP) is 2.16. The second kappa shape index (κ2) is 5.91. The minimum Gasteiger partial charge on any atom is -0.462 e. The second-order valence-electron chi connectivity index (χ2n) is 3.90. The first-order valence-corrected chi connectivity index (χ1v) is 6.66. The summed E-state index contributed by atoms with van der Waals surface area (Å²) in [4.78, 5) is 16.0. The number of H-pyrrole nitrogens is 1. The largest absolute Gasteiger partial charge is 0.462 e. The Morgan fingerprint density at radius 2 is 2.30 bits per heavy atom. The zero-order chi connectivity index (χ0) is 14.7. The van der Waals surface area contributed by atoms with Crippen LogP contribution < -0.4 is 5.73 Å². The molecule has 0 saturated carbocycles. The van der Waals surface area contributed by atoms with Gasteiger partial charge in [-0.1, -0.05) is 0 Å². The van der Waals surface area contributed by atoms with Gasteiger partial charge in [0.15, 0.2) is 0 Å². The molecule has 0 aliphatic heterocycles. The molecule has 0 amide bonds. The Balaban J connectivity index is 2.33. The maximum Gasteiger partial charge on any atom is 0.340 e. The van der Waals surface area contributed by atoms with Crippen LogP contribution in [0.1, 0.15) is 23.1 Å². The number of benzene rings is 1. The van der Waals surface area contributed by atoms with Crippen molar-refractivity contribution in [3.8, 4) is 0 Å². The van der Waals surface area contributed by atoms with Gasteiger partial charge in [0, 0.05) is 5.69 Å². The molecule has 2 rings (SSSR count). The number of esters is 1. The minimum atomic E-state index is -0.585. The van der Waals surface area contributed by atoms with Crippen LogP contribution in [0.2, 0.25) is 0 Å².